The Kier molecular flexibility index (Phi) is 3.93. The number of fused-ring (bicyclic) bond motifs is 1. The molecule has 2 N–H and O–H groups in total. The minimum atomic E-state index is -1.11. The molecule has 0 radical (unpaired) electrons. The summed E-state index contributed by atoms with van der Waals surface area (Å²) >= 11 is 0. The fourth-order valence-corrected chi connectivity index (χ4v) is 2.97. The highest BCUT2D eigenvalue weighted by atomic mass is 16.3. The molecule has 1 heterocycles. The van der Waals surface area contributed by atoms with Crippen LogP contribution in [0.4, 0.5) is 0 Å². The Morgan fingerprint density at radius 3 is 2.76 bits per heavy atom. The van der Waals surface area contributed by atoms with Crippen molar-refractivity contribution in [2.45, 2.75) is 38.3 Å². The Hall–Kier alpha value is -1.87. The molecule has 1 aliphatic heterocycles. The zero-order valence-corrected chi connectivity index (χ0v) is 12.5. The molecule has 0 fully saturated rings. The molecule has 0 aromatic heterocycles. The lowest BCUT2D eigenvalue weighted by Crippen LogP contribution is -2.43. The van der Waals surface area contributed by atoms with Gasteiger partial charge >= 0.3 is 0 Å². The molecule has 0 saturated heterocycles. The highest BCUT2D eigenvalue weighted by molar-refractivity contribution is 5.88. The number of aliphatic imine (C=N–C) groups is 1. The highest BCUT2D eigenvalue weighted by Crippen LogP contribution is 2.27. The molecule has 2 aromatic carbocycles. The summed E-state index contributed by atoms with van der Waals surface area (Å²) in [7, 11) is 0. The molecule has 0 spiro atoms. The normalized spacial score (nSPS) is 18.7. The molecule has 0 aliphatic carbocycles. The van der Waals surface area contributed by atoms with Gasteiger partial charge in [0, 0.05) is 18.5 Å². The number of amidine groups is 1. The number of rotatable bonds is 2. The van der Waals surface area contributed by atoms with E-state index in [1.165, 1.54) is 6.42 Å². The molecule has 2 aromatic rings. The number of nitrogens with zero attached hydrogens (tertiary/aromatic N) is 1. The molecule has 3 heteroatoms. The molecular weight excluding hydrogens is 260 g/mol. The van der Waals surface area contributed by atoms with Gasteiger partial charge in [0.25, 0.3) is 0 Å². The summed E-state index contributed by atoms with van der Waals surface area (Å²) in [6, 6.07) is 14.2. The minimum Gasteiger partial charge on any atom is -0.367 e. The third kappa shape index (κ3) is 3.08. The second kappa shape index (κ2) is 5.86. The molecular formula is C18H22N2O. The van der Waals surface area contributed by atoms with Crippen LogP contribution in [0.15, 0.2) is 47.5 Å². The average Bonchev–Trinajstić information content (AvgIpc) is 2.75. The van der Waals surface area contributed by atoms with Crippen molar-refractivity contribution in [1.29, 1.82) is 0 Å². The standard InChI is InChI=1S/C18H22N2O/c1-18(21,20-17-12-3-2-6-13-19-17)16-11-7-9-14-8-4-5-10-15(14)16/h4-5,7-11,21H,2-3,6,12-13H2,1H3,(H,19,20). The maximum Gasteiger partial charge on any atom is 0.160 e. The van der Waals surface area contributed by atoms with E-state index in [4.69, 9.17) is 0 Å². The summed E-state index contributed by atoms with van der Waals surface area (Å²) in [6.07, 6.45) is 4.41. The predicted molar refractivity (Wildman–Crippen MR) is 87.4 cm³/mol. The minimum absolute atomic E-state index is 0.855. The van der Waals surface area contributed by atoms with Gasteiger partial charge in [-0.15, -0.1) is 0 Å². The number of benzene rings is 2. The molecule has 0 amide bonds. The third-order valence-corrected chi connectivity index (χ3v) is 4.08. The first-order valence-electron chi connectivity index (χ1n) is 7.69. The van der Waals surface area contributed by atoms with Gasteiger partial charge in [0.1, 0.15) is 0 Å². The maximum absolute atomic E-state index is 10.9. The first-order valence-corrected chi connectivity index (χ1v) is 7.69. The Labute approximate surface area is 125 Å². The van der Waals surface area contributed by atoms with E-state index in [0.717, 1.165) is 48.0 Å². The lowest BCUT2D eigenvalue weighted by Gasteiger charge is -2.28. The van der Waals surface area contributed by atoms with E-state index in [0.29, 0.717) is 0 Å². The Morgan fingerprint density at radius 2 is 1.86 bits per heavy atom. The Bertz CT molecular complexity index is 656. The van der Waals surface area contributed by atoms with Gasteiger partial charge in [-0.05, 0) is 30.5 Å². The first kappa shape index (κ1) is 14.1. The van der Waals surface area contributed by atoms with Gasteiger partial charge in [0.15, 0.2) is 5.72 Å². The van der Waals surface area contributed by atoms with E-state index < -0.39 is 5.72 Å². The van der Waals surface area contributed by atoms with Crippen LogP contribution in [0.5, 0.6) is 0 Å². The monoisotopic (exact) mass is 282 g/mol. The van der Waals surface area contributed by atoms with Crippen LogP contribution in [-0.4, -0.2) is 17.5 Å². The number of nitrogens with one attached hydrogen (secondary N) is 1. The van der Waals surface area contributed by atoms with E-state index in [1.54, 1.807) is 0 Å². The summed E-state index contributed by atoms with van der Waals surface area (Å²) in [6.45, 7) is 2.66. The van der Waals surface area contributed by atoms with Crippen LogP contribution in [0.1, 0.15) is 38.2 Å². The SMILES string of the molecule is CC(O)(NC1=NCCCCC1)c1cccc2ccccc12. The van der Waals surface area contributed by atoms with E-state index in [2.05, 4.69) is 28.5 Å². The van der Waals surface area contributed by atoms with Gasteiger partial charge in [-0.1, -0.05) is 48.9 Å². The highest BCUT2D eigenvalue weighted by Gasteiger charge is 2.26. The van der Waals surface area contributed by atoms with Gasteiger partial charge in [-0.25, -0.2) is 0 Å². The molecule has 0 saturated carbocycles. The summed E-state index contributed by atoms with van der Waals surface area (Å²) in [5, 5.41) is 16.4. The van der Waals surface area contributed by atoms with E-state index in [9.17, 15) is 5.11 Å². The quantitative estimate of drug-likeness (QED) is 0.827. The fourth-order valence-electron chi connectivity index (χ4n) is 2.97. The van der Waals surface area contributed by atoms with Crippen molar-refractivity contribution in [3.63, 3.8) is 0 Å². The molecule has 1 aliphatic rings. The van der Waals surface area contributed by atoms with Crippen LogP contribution < -0.4 is 5.32 Å². The second-order valence-electron chi connectivity index (χ2n) is 5.86. The Morgan fingerprint density at radius 1 is 1.05 bits per heavy atom. The smallest absolute Gasteiger partial charge is 0.160 e. The topological polar surface area (TPSA) is 44.6 Å². The average molecular weight is 282 g/mol. The molecule has 110 valence electrons. The van der Waals surface area contributed by atoms with E-state index >= 15 is 0 Å². The molecule has 3 nitrogen and oxygen atoms in total. The van der Waals surface area contributed by atoms with Gasteiger partial charge in [0.05, 0.1) is 5.84 Å². The van der Waals surface area contributed by atoms with Crippen LogP contribution in [-0.2, 0) is 5.72 Å². The van der Waals surface area contributed by atoms with E-state index in [1.807, 2.05) is 31.2 Å². The first-order chi connectivity index (χ1) is 10.2. The molecule has 1 unspecified atom stereocenters. The van der Waals surface area contributed by atoms with Gasteiger partial charge in [-0.2, -0.15) is 0 Å². The number of hydrogen-bond acceptors (Lipinski definition) is 3. The largest absolute Gasteiger partial charge is 0.367 e. The maximum atomic E-state index is 10.9. The van der Waals surface area contributed by atoms with Gasteiger partial charge in [0.2, 0.25) is 0 Å². The summed E-state index contributed by atoms with van der Waals surface area (Å²) < 4.78 is 0. The summed E-state index contributed by atoms with van der Waals surface area (Å²) in [4.78, 5) is 4.56. The third-order valence-electron chi connectivity index (χ3n) is 4.08. The summed E-state index contributed by atoms with van der Waals surface area (Å²) in [5.41, 5.74) is -0.211. The zero-order valence-electron chi connectivity index (χ0n) is 12.5. The number of aliphatic hydroxyl groups is 1. The van der Waals surface area contributed by atoms with Crippen molar-refractivity contribution in [3.05, 3.63) is 48.0 Å². The molecule has 3 rings (SSSR count). The molecule has 21 heavy (non-hydrogen) atoms. The van der Waals surface area contributed by atoms with Crippen molar-refractivity contribution >= 4 is 16.6 Å². The van der Waals surface area contributed by atoms with Crippen LogP contribution in [0.3, 0.4) is 0 Å². The lowest BCUT2D eigenvalue weighted by atomic mass is 9.96. The fraction of sp³-hybridized carbons (Fsp3) is 0.389. The van der Waals surface area contributed by atoms with Crippen molar-refractivity contribution in [2.75, 3.05) is 6.54 Å². The van der Waals surface area contributed by atoms with Crippen molar-refractivity contribution < 1.29 is 5.11 Å². The number of hydrogen-bond donors (Lipinski definition) is 2. The summed E-state index contributed by atoms with van der Waals surface area (Å²) in [5.74, 6) is 0.922. The van der Waals surface area contributed by atoms with Crippen molar-refractivity contribution in [1.82, 2.24) is 5.32 Å². The van der Waals surface area contributed by atoms with Crippen molar-refractivity contribution in [3.8, 4) is 0 Å². The zero-order chi connectivity index (χ0) is 14.7. The van der Waals surface area contributed by atoms with Crippen LogP contribution in [0.25, 0.3) is 10.8 Å². The molecule has 0 bridgehead atoms. The lowest BCUT2D eigenvalue weighted by molar-refractivity contribution is 0.0419. The molecule has 1 atom stereocenters. The Balaban J connectivity index is 1.94. The van der Waals surface area contributed by atoms with Crippen LogP contribution >= 0.6 is 0 Å². The van der Waals surface area contributed by atoms with Gasteiger partial charge < -0.3 is 10.4 Å². The van der Waals surface area contributed by atoms with Gasteiger partial charge in [-0.3, -0.25) is 4.99 Å². The second-order valence-corrected chi connectivity index (χ2v) is 5.86. The predicted octanol–water partition coefficient (Wildman–Crippen LogP) is 3.57. The van der Waals surface area contributed by atoms with Crippen molar-refractivity contribution in [2.24, 2.45) is 4.99 Å². The van der Waals surface area contributed by atoms with Crippen LogP contribution in [0, 0.1) is 0 Å². The van der Waals surface area contributed by atoms with Crippen LogP contribution in [0.2, 0.25) is 0 Å². The van der Waals surface area contributed by atoms with E-state index in [-0.39, 0.29) is 0 Å².